The molecule has 0 unspecified atom stereocenters. The van der Waals surface area contributed by atoms with Crippen molar-refractivity contribution >= 4 is 17.5 Å². The lowest BCUT2D eigenvalue weighted by atomic mass is 10.2. The molecule has 1 N–H and O–H groups in total. The van der Waals surface area contributed by atoms with Gasteiger partial charge in [-0.05, 0) is 19.3 Å². The average Bonchev–Trinajstić information content (AvgIpc) is 2.52. The summed E-state index contributed by atoms with van der Waals surface area (Å²) in [4.78, 5) is 13.2. The largest absolute Gasteiger partial charge is 0.391 e. The van der Waals surface area contributed by atoms with Gasteiger partial charge in [-0.1, -0.05) is 0 Å². The summed E-state index contributed by atoms with van der Waals surface area (Å²) in [6.07, 6.45) is 2.73. The topological polar surface area (TPSA) is 40.5 Å². The molecule has 4 heteroatoms. The van der Waals surface area contributed by atoms with Crippen molar-refractivity contribution in [3.8, 4) is 0 Å². The van der Waals surface area contributed by atoms with Gasteiger partial charge in [0.05, 0.1) is 6.10 Å². The number of likely N-dealkylation sites (tertiary alicyclic amines) is 1. The lowest BCUT2D eigenvalue weighted by molar-refractivity contribution is -0.130. The van der Waals surface area contributed by atoms with Gasteiger partial charge in [-0.15, -0.1) is 11.6 Å². The highest BCUT2D eigenvalue weighted by atomic mass is 35.5. The Morgan fingerprint density at radius 1 is 1.54 bits per heavy atom. The van der Waals surface area contributed by atoms with Gasteiger partial charge < -0.3 is 10.0 Å². The monoisotopic (exact) mass is 205 g/mol. The quantitative estimate of drug-likeness (QED) is 0.549. The van der Waals surface area contributed by atoms with Gasteiger partial charge in [-0.25, -0.2) is 0 Å². The molecule has 1 heterocycles. The number of unbranched alkanes of at least 4 members (excludes halogenated alkanes) is 1. The van der Waals surface area contributed by atoms with Crippen molar-refractivity contribution in [2.75, 3.05) is 19.0 Å². The summed E-state index contributed by atoms with van der Waals surface area (Å²) in [5, 5.41) is 9.21. The van der Waals surface area contributed by atoms with Crippen LogP contribution in [0.2, 0.25) is 0 Å². The van der Waals surface area contributed by atoms with Gasteiger partial charge in [0.25, 0.3) is 0 Å². The third kappa shape index (κ3) is 3.53. The fourth-order valence-electron chi connectivity index (χ4n) is 1.50. The molecule has 0 aromatic carbocycles. The number of rotatable bonds is 4. The minimum absolute atomic E-state index is 0.154. The van der Waals surface area contributed by atoms with Crippen LogP contribution in [0.15, 0.2) is 0 Å². The molecule has 0 aromatic heterocycles. The number of β-amino-alcohol motifs (C(OH)–C–C–N with tert-alkyl or cyclic N) is 1. The van der Waals surface area contributed by atoms with Gasteiger partial charge in [0.2, 0.25) is 5.91 Å². The molecular weight excluding hydrogens is 190 g/mol. The molecule has 0 aromatic rings. The number of halogens is 1. The maximum atomic E-state index is 11.4. The van der Waals surface area contributed by atoms with E-state index in [0.29, 0.717) is 25.4 Å². The molecule has 0 saturated carbocycles. The number of carbonyl (C=O) groups excluding carboxylic acids is 1. The number of nitrogens with zero attached hydrogens (tertiary/aromatic N) is 1. The van der Waals surface area contributed by atoms with Crippen LogP contribution in [0, 0.1) is 0 Å². The first kappa shape index (κ1) is 10.8. The summed E-state index contributed by atoms with van der Waals surface area (Å²) < 4.78 is 0. The van der Waals surface area contributed by atoms with Gasteiger partial charge >= 0.3 is 0 Å². The molecule has 1 rings (SSSR count). The van der Waals surface area contributed by atoms with E-state index in [0.717, 1.165) is 19.3 Å². The van der Waals surface area contributed by atoms with E-state index in [1.807, 2.05) is 0 Å². The van der Waals surface area contributed by atoms with Gasteiger partial charge in [0.15, 0.2) is 0 Å². The summed E-state index contributed by atoms with van der Waals surface area (Å²) >= 11 is 5.50. The van der Waals surface area contributed by atoms with Crippen molar-refractivity contribution in [3.05, 3.63) is 0 Å². The molecule has 13 heavy (non-hydrogen) atoms. The van der Waals surface area contributed by atoms with E-state index in [4.69, 9.17) is 11.6 Å². The Morgan fingerprint density at radius 2 is 2.31 bits per heavy atom. The normalized spacial score (nSPS) is 22.3. The van der Waals surface area contributed by atoms with Crippen LogP contribution in [0.4, 0.5) is 0 Å². The van der Waals surface area contributed by atoms with E-state index in [1.54, 1.807) is 4.90 Å². The van der Waals surface area contributed by atoms with Crippen LogP contribution in [0.1, 0.15) is 25.7 Å². The number of hydrogen-bond donors (Lipinski definition) is 1. The number of aliphatic hydroxyl groups is 1. The standard InChI is InChI=1S/C9H16ClNO2/c10-5-2-1-3-9(13)11-6-4-8(12)7-11/h8,12H,1-7H2/t8-/m0/s1. The van der Waals surface area contributed by atoms with Crippen molar-refractivity contribution in [1.29, 1.82) is 0 Å². The lowest BCUT2D eigenvalue weighted by Crippen LogP contribution is -2.29. The van der Waals surface area contributed by atoms with E-state index in [2.05, 4.69) is 0 Å². The van der Waals surface area contributed by atoms with E-state index in [1.165, 1.54) is 0 Å². The van der Waals surface area contributed by atoms with Gasteiger partial charge in [-0.2, -0.15) is 0 Å². The first-order valence-electron chi connectivity index (χ1n) is 4.76. The molecule has 1 aliphatic heterocycles. The second-order valence-electron chi connectivity index (χ2n) is 3.43. The Kier molecular flexibility index (Phi) is 4.53. The number of amides is 1. The van der Waals surface area contributed by atoms with Crippen LogP contribution in [-0.2, 0) is 4.79 Å². The lowest BCUT2D eigenvalue weighted by Gasteiger charge is -2.14. The molecule has 0 spiro atoms. The predicted octanol–water partition coefficient (Wildman–Crippen LogP) is 0.989. The van der Waals surface area contributed by atoms with Crippen molar-refractivity contribution < 1.29 is 9.90 Å². The van der Waals surface area contributed by atoms with Crippen LogP contribution >= 0.6 is 11.6 Å². The minimum atomic E-state index is -0.308. The smallest absolute Gasteiger partial charge is 0.222 e. The predicted molar refractivity (Wildman–Crippen MR) is 51.8 cm³/mol. The third-order valence-electron chi connectivity index (χ3n) is 2.29. The zero-order chi connectivity index (χ0) is 9.68. The van der Waals surface area contributed by atoms with E-state index in [9.17, 15) is 9.90 Å². The Morgan fingerprint density at radius 3 is 2.85 bits per heavy atom. The number of aliphatic hydroxyl groups excluding tert-OH is 1. The highest BCUT2D eigenvalue weighted by Gasteiger charge is 2.23. The maximum Gasteiger partial charge on any atom is 0.222 e. The van der Waals surface area contributed by atoms with Crippen molar-refractivity contribution in [3.63, 3.8) is 0 Å². The molecule has 3 nitrogen and oxygen atoms in total. The first-order chi connectivity index (χ1) is 6.24. The third-order valence-corrected chi connectivity index (χ3v) is 2.56. The van der Waals surface area contributed by atoms with Crippen molar-refractivity contribution in [2.24, 2.45) is 0 Å². The fraction of sp³-hybridized carbons (Fsp3) is 0.889. The Hall–Kier alpha value is -0.280. The maximum absolute atomic E-state index is 11.4. The number of hydrogen-bond acceptors (Lipinski definition) is 2. The van der Waals surface area contributed by atoms with E-state index in [-0.39, 0.29) is 12.0 Å². The fourth-order valence-corrected chi connectivity index (χ4v) is 1.69. The summed E-state index contributed by atoms with van der Waals surface area (Å²) in [6.45, 7) is 1.22. The van der Waals surface area contributed by atoms with Gasteiger partial charge in [0, 0.05) is 25.4 Å². The SMILES string of the molecule is O=C(CCCCCl)N1CC[C@H](O)C1. The van der Waals surface area contributed by atoms with Crippen LogP contribution in [-0.4, -0.2) is 41.0 Å². The van der Waals surface area contributed by atoms with E-state index < -0.39 is 0 Å². The average molecular weight is 206 g/mol. The highest BCUT2D eigenvalue weighted by molar-refractivity contribution is 6.17. The molecule has 0 radical (unpaired) electrons. The highest BCUT2D eigenvalue weighted by Crippen LogP contribution is 2.11. The second-order valence-corrected chi connectivity index (χ2v) is 3.81. The van der Waals surface area contributed by atoms with Crippen LogP contribution in [0.3, 0.4) is 0 Å². The molecule has 1 atom stereocenters. The first-order valence-corrected chi connectivity index (χ1v) is 5.29. The molecule has 1 amide bonds. The molecular formula is C9H16ClNO2. The molecule has 76 valence electrons. The Labute approximate surface area is 83.7 Å². The molecule has 0 aliphatic carbocycles. The number of alkyl halides is 1. The van der Waals surface area contributed by atoms with Crippen LogP contribution in [0.5, 0.6) is 0 Å². The van der Waals surface area contributed by atoms with E-state index >= 15 is 0 Å². The summed E-state index contributed by atoms with van der Waals surface area (Å²) in [5.41, 5.74) is 0. The minimum Gasteiger partial charge on any atom is -0.391 e. The Bertz CT molecular complexity index is 175. The zero-order valence-electron chi connectivity index (χ0n) is 7.71. The molecule has 1 saturated heterocycles. The molecule has 1 aliphatic rings. The van der Waals surface area contributed by atoms with Crippen molar-refractivity contribution in [1.82, 2.24) is 4.90 Å². The Balaban J connectivity index is 2.16. The van der Waals surface area contributed by atoms with Crippen molar-refractivity contribution in [2.45, 2.75) is 31.8 Å². The van der Waals surface area contributed by atoms with Crippen LogP contribution in [0.25, 0.3) is 0 Å². The van der Waals surface area contributed by atoms with Gasteiger partial charge in [0.1, 0.15) is 0 Å². The molecule has 1 fully saturated rings. The summed E-state index contributed by atoms with van der Waals surface area (Å²) in [6, 6.07) is 0. The summed E-state index contributed by atoms with van der Waals surface area (Å²) in [7, 11) is 0. The zero-order valence-corrected chi connectivity index (χ0v) is 8.46. The second kappa shape index (κ2) is 5.45. The number of carbonyl (C=O) groups is 1. The van der Waals surface area contributed by atoms with Gasteiger partial charge in [-0.3, -0.25) is 4.79 Å². The molecule has 0 bridgehead atoms. The van der Waals surface area contributed by atoms with Crippen LogP contribution < -0.4 is 0 Å². The summed E-state index contributed by atoms with van der Waals surface area (Å²) in [5.74, 6) is 0.775.